The molecule has 0 N–H and O–H groups in total. The summed E-state index contributed by atoms with van der Waals surface area (Å²) < 4.78 is 43.9. The fraction of sp³-hybridized carbons (Fsp3) is 0.975. The van der Waals surface area contributed by atoms with E-state index in [0.29, 0.717) is 98.9 Å². The highest BCUT2D eigenvalue weighted by Crippen LogP contribution is 2.13. The predicted molar refractivity (Wildman–Crippen MR) is 200 cm³/mol. The van der Waals surface area contributed by atoms with Gasteiger partial charge in [0.15, 0.2) is 0 Å². The first-order valence-corrected chi connectivity index (χ1v) is 20.5. The van der Waals surface area contributed by atoms with Gasteiger partial charge in [-0.3, -0.25) is 4.79 Å². The molecule has 0 atom stereocenters. The zero-order chi connectivity index (χ0) is 35.4. The van der Waals surface area contributed by atoms with E-state index >= 15 is 0 Å². The lowest BCUT2D eigenvalue weighted by atomic mass is 10.0. The molecule has 0 rings (SSSR count). The van der Waals surface area contributed by atoms with Gasteiger partial charge in [0, 0.05) is 13.0 Å². The van der Waals surface area contributed by atoms with Crippen LogP contribution in [0.1, 0.15) is 155 Å². The van der Waals surface area contributed by atoms with Gasteiger partial charge in [0.25, 0.3) is 0 Å². The molecule has 294 valence electrons. The van der Waals surface area contributed by atoms with Crippen LogP contribution in [0.5, 0.6) is 0 Å². The van der Waals surface area contributed by atoms with Crippen molar-refractivity contribution in [2.75, 3.05) is 99.1 Å². The first kappa shape index (κ1) is 48.2. The van der Waals surface area contributed by atoms with Gasteiger partial charge in [-0.1, -0.05) is 136 Å². The van der Waals surface area contributed by atoms with Gasteiger partial charge in [0.05, 0.1) is 85.9 Å². The zero-order valence-corrected chi connectivity index (χ0v) is 32.3. The molecular formula is C40H80O9. The Kier molecular flexibility index (Phi) is 44.5. The molecule has 0 saturated carbocycles. The van der Waals surface area contributed by atoms with Gasteiger partial charge in [-0.2, -0.15) is 0 Å². The summed E-state index contributed by atoms with van der Waals surface area (Å²) in [6.07, 6.45) is 28.1. The maximum absolute atomic E-state index is 11.7. The van der Waals surface area contributed by atoms with Crippen molar-refractivity contribution < 1.29 is 42.7 Å². The Labute approximate surface area is 302 Å². The molecule has 0 aromatic heterocycles. The lowest BCUT2D eigenvalue weighted by molar-refractivity contribution is -0.145. The summed E-state index contributed by atoms with van der Waals surface area (Å²) in [6, 6.07) is 0. The smallest absolute Gasteiger partial charge is 0.305 e. The Morgan fingerprint density at radius 3 is 0.857 bits per heavy atom. The lowest BCUT2D eigenvalue weighted by Gasteiger charge is -2.09. The van der Waals surface area contributed by atoms with Crippen LogP contribution in [-0.4, -0.2) is 105 Å². The van der Waals surface area contributed by atoms with E-state index in [1.54, 1.807) is 0 Å². The van der Waals surface area contributed by atoms with Crippen LogP contribution in [0, 0.1) is 0 Å². The molecule has 9 nitrogen and oxygen atoms in total. The van der Waals surface area contributed by atoms with E-state index in [9.17, 15) is 4.79 Å². The van der Waals surface area contributed by atoms with Crippen LogP contribution >= 0.6 is 0 Å². The monoisotopic (exact) mass is 705 g/mol. The summed E-state index contributed by atoms with van der Waals surface area (Å²) in [5.74, 6) is -0.131. The van der Waals surface area contributed by atoms with Crippen LogP contribution < -0.4 is 0 Å². The van der Waals surface area contributed by atoms with Crippen molar-refractivity contribution in [2.24, 2.45) is 0 Å². The topological polar surface area (TPSA) is 90.9 Å². The largest absolute Gasteiger partial charge is 0.463 e. The predicted octanol–water partition coefficient (Wildman–Crippen LogP) is 9.27. The molecule has 0 aliphatic heterocycles. The van der Waals surface area contributed by atoms with Gasteiger partial charge in [-0.15, -0.1) is 0 Å². The number of esters is 1. The van der Waals surface area contributed by atoms with Crippen molar-refractivity contribution >= 4 is 5.97 Å². The molecule has 0 aliphatic carbocycles. The molecule has 0 aliphatic rings. The number of carbonyl (C=O) groups is 1. The Morgan fingerprint density at radius 1 is 0.286 bits per heavy atom. The van der Waals surface area contributed by atoms with Crippen molar-refractivity contribution in [3.05, 3.63) is 0 Å². The summed E-state index contributed by atoms with van der Waals surface area (Å²) >= 11 is 0. The van der Waals surface area contributed by atoms with E-state index in [0.717, 1.165) is 25.9 Å². The van der Waals surface area contributed by atoms with E-state index in [1.807, 2.05) is 0 Å². The van der Waals surface area contributed by atoms with Crippen LogP contribution in [0.3, 0.4) is 0 Å². The Morgan fingerprint density at radius 2 is 0.531 bits per heavy atom. The number of ether oxygens (including phenoxy) is 8. The van der Waals surface area contributed by atoms with Gasteiger partial charge in [0.1, 0.15) is 6.61 Å². The van der Waals surface area contributed by atoms with E-state index in [-0.39, 0.29) is 5.97 Å². The van der Waals surface area contributed by atoms with Gasteiger partial charge in [-0.05, 0) is 12.8 Å². The van der Waals surface area contributed by atoms with Gasteiger partial charge < -0.3 is 37.9 Å². The van der Waals surface area contributed by atoms with E-state index < -0.39 is 0 Å². The molecule has 0 amide bonds. The molecule has 0 spiro atoms. The molecule has 0 fully saturated rings. The quantitative estimate of drug-likeness (QED) is 0.0455. The number of hydrogen-bond acceptors (Lipinski definition) is 9. The second-order valence-corrected chi connectivity index (χ2v) is 13.0. The van der Waals surface area contributed by atoms with Gasteiger partial charge in [-0.25, -0.2) is 0 Å². The van der Waals surface area contributed by atoms with E-state index in [1.165, 1.54) is 116 Å². The van der Waals surface area contributed by atoms with Crippen LogP contribution in [0.4, 0.5) is 0 Å². The molecule has 9 heteroatoms. The average Bonchev–Trinajstić information content (AvgIpc) is 3.11. The SMILES string of the molecule is CCCCCCCCCCCCCCCCOCCOCCOCCOCCOCCOCCOCCOC(=O)CCCCCCCCC. The van der Waals surface area contributed by atoms with Gasteiger partial charge in [0.2, 0.25) is 0 Å². The molecule has 0 heterocycles. The third kappa shape index (κ3) is 45.2. The highest BCUT2D eigenvalue weighted by molar-refractivity contribution is 5.69. The van der Waals surface area contributed by atoms with Crippen LogP contribution in [-0.2, 0) is 42.7 Å². The third-order valence-corrected chi connectivity index (χ3v) is 8.35. The molecule has 49 heavy (non-hydrogen) atoms. The van der Waals surface area contributed by atoms with Crippen molar-refractivity contribution in [1.29, 1.82) is 0 Å². The lowest BCUT2D eigenvalue weighted by Crippen LogP contribution is -2.15. The van der Waals surface area contributed by atoms with E-state index in [4.69, 9.17) is 37.9 Å². The molecule has 0 bridgehead atoms. The maximum atomic E-state index is 11.7. The minimum absolute atomic E-state index is 0.131. The Hall–Kier alpha value is -0.810. The van der Waals surface area contributed by atoms with Gasteiger partial charge >= 0.3 is 5.97 Å². The first-order valence-electron chi connectivity index (χ1n) is 20.5. The molecule has 0 aromatic rings. The summed E-state index contributed by atoms with van der Waals surface area (Å²) in [7, 11) is 0. The molecule has 0 saturated heterocycles. The van der Waals surface area contributed by atoms with Crippen molar-refractivity contribution in [2.45, 2.75) is 155 Å². The summed E-state index contributed by atoms with van der Waals surface area (Å²) in [5, 5.41) is 0. The fourth-order valence-electron chi connectivity index (χ4n) is 5.33. The highest BCUT2D eigenvalue weighted by atomic mass is 16.6. The van der Waals surface area contributed by atoms with E-state index in [2.05, 4.69) is 13.8 Å². The maximum Gasteiger partial charge on any atom is 0.305 e. The van der Waals surface area contributed by atoms with Crippen molar-refractivity contribution in [3.63, 3.8) is 0 Å². The van der Waals surface area contributed by atoms with Crippen molar-refractivity contribution in [1.82, 2.24) is 0 Å². The number of rotatable bonds is 44. The second kappa shape index (κ2) is 45.2. The van der Waals surface area contributed by atoms with Crippen LogP contribution in [0.2, 0.25) is 0 Å². The number of carbonyl (C=O) groups excluding carboxylic acids is 1. The third-order valence-electron chi connectivity index (χ3n) is 8.35. The summed E-state index contributed by atoms with van der Waals surface area (Å²) in [6.45, 7) is 12.5. The normalized spacial score (nSPS) is 11.5. The number of hydrogen-bond donors (Lipinski definition) is 0. The Balaban J connectivity index is 3.09. The van der Waals surface area contributed by atoms with Crippen LogP contribution in [0.25, 0.3) is 0 Å². The van der Waals surface area contributed by atoms with Crippen LogP contribution in [0.15, 0.2) is 0 Å². The molecular weight excluding hydrogens is 624 g/mol. The Bertz CT molecular complexity index is 608. The molecule has 0 unspecified atom stereocenters. The second-order valence-electron chi connectivity index (χ2n) is 13.0. The fourth-order valence-corrected chi connectivity index (χ4v) is 5.33. The first-order chi connectivity index (χ1) is 24.3. The summed E-state index contributed by atoms with van der Waals surface area (Å²) in [4.78, 5) is 11.7. The highest BCUT2D eigenvalue weighted by Gasteiger charge is 2.03. The van der Waals surface area contributed by atoms with Crippen molar-refractivity contribution in [3.8, 4) is 0 Å². The molecule has 0 aromatic carbocycles. The summed E-state index contributed by atoms with van der Waals surface area (Å²) in [5.41, 5.74) is 0. The standard InChI is InChI=1S/C40H80O9/c1-3-5-7-9-11-12-13-14-15-16-17-19-21-23-25-42-26-27-43-28-29-44-30-31-45-32-33-46-34-35-47-36-37-48-38-39-49-40(41)24-22-20-18-10-8-6-4-2/h3-39H2,1-2H3. The minimum atomic E-state index is -0.131. The molecule has 0 radical (unpaired) electrons. The average molecular weight is 705 g/mol. The minimum Gasteiger partial charge on any atom is -0.463 e. The zero-order valence-electron chi connectivity index (χ0n) is 32.3. The number of unbranched alkanes of at least 4 members (excludes halogenated alkanes) is 19.